The van der Waals surface area contributed by atoms with E-state index >= 15 is 0 Å². The number of rotatable bonds is 5. The second kappa shape index (κ2) is 7.61. The van der Waals surface area contributed by atoms with E-state index in [2.05, 4.69) is 5.32 Å². The molecule has 0 atom stereocenters. The van der Waals surface area contributed by atoms with Crippen LogP contribution in [0.25, 0.3) is 0 Å². The van der Waals surface area contributed by atoms with Gasteiger partial charge in [0.25, 0.3) is 11.8 Å². The molecule has 136 valence electrons. The molecule has 0 bridgehead atoms. The van der Waals surface area contributed by atoms with Crippen molar-refractivity contribution >= 4 is 23.4 Å². The van der Waals surface area contributed by atoms with Crippen LogP contribution >= 0.6 is 11.6 Å². The van der Waals surface area contributed by atoms with E-state index in [1.165, 1.54) is 13.2 Å². The quantitative estimate of drug-likeness (QED) is 0.856. The normalized spacial score (nSPS) is 13.3. The van der Waals surface area contributed by atoms with E-state index < -0.39 is 0 Å². The Kier molecular flexibility index (Phi) is 5.27. The van der Waals surface area contributed by atoms with Crippen LogP contribution in [0.4, 0.5) is 0 Å². The number of aromatic nitrogens is 1. The van der Waals surface area contributed by atoms with Crippen molar-refractivity contribution in [1.82, 2.24) is 14.8 Å². The second-order valence-electron chi connectivity index (χ2n) is 5.84. The molecule has 7 nitrogen and oxygen atoms in total. The summed E-state index contributed by atoms with van der Waals surface area (Å²) in [6.07, 6.45) is 1.55. The van der Waals surface area contributed by atoms with Crippen molar-refractivity contribution in [2.24, 2.45) is 0 Å². The summed E-state index contributed by atoms with van der Waals surface area (Å²) in [5.41, 5.74) is 0.456. The van der Waals surface area contributed by atoms with E-state index in [1.807, 2.05) is 0 Å². The molecule has 0 saturated carbocycles. The zero-order valence-electron chi connectivity index (χ0n) is 14.2. The van der Waals surface area contributed by atoms with Gasteiger partial charge >= 0.3 is 0 Å². The maximum Gasteiger partial charge on any atom is 0.270 e. The van der Waals surface area contributed by atoms with Crippen molar-refractivity contribution in [2.45, 2.75) is 6.54 Å². The summed E-state index contributed by atoms with van der Waals surface area (Å²) in [4.78, 5) is 38.2. The number of halogens is 1. The lowest BCUT2D eigenvalue weighted by atomic mass is 10.2. The van der Waals surface area contributed by atoms with Crippen LogP contribution in [0.5, 0.6) is 5.75 Å². The molecule has 0 saturated heterocycles. The van der Waals surface area contributed by atoms with Crippen LogP contribution in [0.3, 0.4) is 0 Å². The standard InChI is InChI=1S/C18H18ClN3O4/c1-26-16-11-22-8-7-21(18(25)14(22)10-15(16)23)6-5-20-17(24)12-3-2-4-13(19)9-12/h2-4,9-11H,5-8H2,1H3,(H,20,24). The van der Waals surface area contributed by atoms with Crippen LogP contribution in [0, 0.1) is 0 Å². The monoisotopic (exact) mass is 375 g/mol. The first kappa shape index (κ1) is 18.0. The zero-order valence-corrected chi connectivity index (χ0v) is 15.0. The third-order valence-corrected chi connectivity index (χ3v) is 4.42. The van der Waals surface area contributed by atoms with Gasteiger partial charge in [-0.25, -0.2) is 0 Å². The summed E-state index contributed by atoms with van der Waals surface area (Å²) >= 11 is 5.88. The van der Waals surface area contributed by atoms with Crippen LogP contribution in [0.2, 0.25) is 5.02 Å². The Morgan fingerprint density at radius 1 is 1.27 bits per heavy atom. The number of fused-ring (bicyclic) bond motifs is 1. The SMILES string of the molecule is COc1cn2c(cc1=O)C(=O)N(CCNC(=O)c1cccc(Cl)c1)CC2. The highest BCUT2D eigenvalue weighted by Crippen LogP contribution is 2.14. The fourth-order valence-electron chi connectivity index (χ4n) is 2.82. The Labute approximate surface area is 155 Å². The number of hydrogen-bond donors (Lipinski definition) is 1. The first-order chi connectivity index (χ1) is 12.5. The minimum absolute atomic E-state index is 0.212. The third-order valence-electron chi connectivity index (χ3n) is 4.18. The number of carbonyl (C=O) groups is 2. The lowest BCUT2D eigenvalue weighted by Crippen LogP contribution is -2.45. The molecule has 1 N–H and O–H groups in total. The van der Waals surface area contributed by atoms with Crippen LogP contribution in [-0.2, 0) is 6.54 Å². The maximum atomic E-state index is 12.6. The number of hydrogen-bond acceptors (Lipinski definition) is 4. The largest absolute Gasteiger partial charge is 0.491 e. The van der Waals surface area contributed by atoms with Crippen LogP contribution < -0.4 is 15.5 Å². The Morgan fingerprint density at radius 3 is 2.81 bits per heavy atom. The topological polar surface area (TPSA) is 80.6 Å². The number of pyridine rings is 1. The Hall–Kier alpha value is -2.80. The smallest absolute Gasteiger partial charge is 0.270 e. The molecule has 26 heavy (non-hydrogen) atoms. The maximum absolute atomic E-state index is 12.6. The van der Waals surface area contributed by atoms with Gasteiger partial charge in [-0.1, -0.05) is 17.7 Å². The molecular formula is C18H18ClN3O4. The van der Waals surface area contributed by atoms with Gasteiger partial charge in [0.15, 0.2) is 5.75 Å². The molecule has 0 unspecified atom stereocenters. The van der Waals surface area contributed by atoms with Gasteiger partial charge in [0, 0.05) is 42.8 Å². The molecule has 1 aromatic carbocycles. The van der Waals surface area contributed by atoms with Crippen molar-refractivity contribution in [2.75, 3.05) is 26.7 Å². The van der Waals surface area contributed by atoms with E-state index in [0.29, 0.717) is 42.5 Å². The average molecular weight is 376 g/mol. The van der Waals surface area contributed by atoms with Gasteiger partial charge in [0.1, 0.15) is 5.69 Å². The van der Waals surface area contributed by atoms with Gasteiger partial charge in [-0.15, -0.1) is 0 Å². The highest BCUT2D eigenvalue weighted by atomic mass is 35.5. The fraction of sp³-hybridized carbons (Fsp3) is 0.278. The van der Waals surface area contributed by atoms with Crippen LogP contribution in [0.1, 0.15) is 20.8 Å². The summed E-state index contributed by atoms with van der Waals surface area (Å²) < 4.78 is 6.71. The van der Waals surface area contributed by atoms with Gasteiger partial charge in [0.2, 0.25) is 5.43 Å². The van der Waals surface area contributed by atoms with E-state index in [0.717, 1.165) is 0 Å². The molecule has 3 rings (SSSR count). The molecule has 0 spiro atoms. The molecular weight excluding hydrogens is 358 g/mol. The summed E-state index contributed by atoms with van der Waals surface area (Å²) in [7, 11) is 1.42. The molecule has 0 fully saturated rings. The lowest BCUT2D eigenvalue weighted by Gasteiger charge is -2.30. The minimum atomic E-state index is -0.330. The van der Waals surface area contributed by atoms with Crippen molar-refractivity contribution < 1.29 is 14.3 Å². The predicted molar refractivity (Wildman–Crippen MR) is 96.9 cm³/mol. The Balaban J connectivity index is 1.62. The molecule has 2 aromatic rings. The van der Waals surface area contributed by atoms with Crippen molar-refractivity contribution in [3.63, 3.8) is 0 Å². The summed E-state index contributed by atoms with van der Waals surface area (Å²) in [6, 6.07) is 7.94. The molecule has 1 aliphatic heterocycles. The number of methoxy groups -OCH3 is 1. The summed E-state index contributed by atoms with van der Waals surface area (Å²) in [5.74, 6) is -0.282. The van der Waals surface area contributed by atoms with Crippen LogP contribution in [-0.4, -0.2) is 48.0 Å². The van der Waals surface area contributed by atoms with E-state index in [4.69, 9.17) is 16.3 Å². The number of nitrogens with one attached hydrogen (secondary N) is 1. The summed E-state index contributed by atoms with van der Waals surface area (Å²) in [6.45, 7) is 1.70. The number of ether oxygens (including phenoxy) is 1. The Morgan fingerprint density at radius 2 is 2.08 bits per heavy atom. The highest BCUT2D eigenvalue weighted by molar-refractivity contribution is 6.30. The molecule has 8 heteroatoms. The van der Waals surface area contributed by atoms with Gasteiger partial charge in [-0.05, 0) is 18.2 Å². The first-order valence-electron chi connectivity index (χ1n) is 8.11. The van der Waals surface area contributed by atoms with Gasteiger partial charge in [-0.3, -0.25) is 14.4 Å². The first-order valence-corrected chi connectivity index (χ1v) is 8.49. The molecule has 0 radical (unpaired) electrons. The minimum Gasteiger partial charge on any atom is -0.491 e. The van der Waals surface area contributed by atoms with Gasteiger partial charge in [-0.2, -0.15) is 0 Å². The molecule has 2 heterocycles. The number of amides is 2. The highest BCUT2D eigenvalue weighted by Gasteiger charge is 2.25. The second-order valence-corrected chi connectivity index (χ2v) is 6.28. The molecule has 2 amide bonds. The Bertz CT molecular complexity index is 910. The van der Waals surface area contributed by atoms with E-state index in [-0.39, 0.29) is 23.0 Å². The average Bonchev–Trinajstić information content (AvgIpc) is 2.63. The van der Waals surface area contributed by atoms with Crippen molar-refractivity contribution in [1.29, 1.82) is 0 Å². The number of benzene rings is 1. The molecule has 1 aliphatic rings. The zero-order chi connectivity index (χ0) is 18.7. The van der Waals surface area contributed by atoms with Crippen molar-refractivity contribution in [3.05, 3.63) is 63.0 Å². The van der Waals surface area contributed by atoms with Crippen molar-refractivity contribution in [3.8, 4) is 5.75 Å². The fourth-order valence-corrected chi connectivity index (χ4v) is 3.01. The summed E-state index contributed by atoms with van der Waals surface area (Å²) in [5, 5.41) is 3.25. The van der Waals surface area contributed by atoms with E-state index in [9.17, 15) is 14.4 Å². The number of carbonyl (C=O) groups excluding carboxylic acids is 2. The lowest BCUT2D eigenvalue weighted by molar-refractivity contribution is 0.0696. The molecule has 0 aliphatic carbocycles. The van der Waals surface area contributed by atoms with Gasteiger partial charge in [0.05, 0.1) is 13.3 Å². The third kappa shape index (κ3) is 3.72. The van der Waals surface area contributed by atoms with Gasteiger partial charge < -0.3 is 19.5 Å². The molecule has 1 aromatic heterocycles. The predicted octanol–water partition coefficient (Wildman–Crippen LogP) is 1.40. The van der Waals surface area contributed by atoms with Crippen LogP contribution in [0.15, 0.2) is 41.3 Å². The number of nitrogens with zero attached hydrogens (tertiary/aromatic N) is 2. The van der Waals surface area contributed by atoms with E-state index in [1.54, 1.807) is 39.9 Å².